The van der Waals surface area contributed by atoms with Gasteiger partial charge in [-0.05, 0) is 61.9 Å². The molecule has 3 nitrogen and oxygen atoms in total. The van der Waals surface area contributed by atoms with Gasteiger partial charge < -0.3 is 10.2 Å². The predicted octanol–water partition coefficient (Wildman–Crippen LogP) is 3.26. The molecule has 1 heterocycles. The molecule has 1 spiro atoms. The molecule has 1 aliphatic heterocycles. The van der Waals surface area contributed by atoms with E-state index in [-0.39, 0.29) is 18.3 Å². The maximum absolute atomic E-state index is 12.6. The summed E-state index contributed by atoms with van der Waals surface area (Å²) in [6, 6.07) is 8.35. The van der Waals surface area contributed by atoms with Gasteiger partial charge in [-0.3, -0.25) is 4.79 Å². The largest absolute Gasteiger partial charge is 0.345 e. The highest BCUT2D eigenvalue weighted by Gasteiger charge is 2.58. The van der Waals surface area contributed by atoms with Crippen molar-refractivity contribution < 1.29 is 4.79 Å². The summed E-state index contributed by atoms with van der Waals surface area (Å²) in [7, 11) is 1.95. The van der Waals surface area contributed by atoms with Crippen molar-refractivity contribution in [2.75, 3.05) is 26.7 Å². The summed E-state index contributed by atoms with van der Waals surface area (Å²) in [5.74, 6) is 0.642. The number of hydrogen-bond donors (Lipinski definition) is 1. The van der Waals surface area contributed by atoms with E-state index in [1.165, 1.54) is 18.4 Å². The number of nitrogens with zero attached hydrogens (tertiary/aromatic N) is 1. The van der Waals surface area contributed by atoms with Gasteiger partial charge in [0.05, 0.1) is 0 Å². The van der Waals surface area contributed by atoms with Crippen molar-refractivity contribution in [1.82, 2.24) is 10.2 Å². The second-order valence-electron chi connectivity index (χ2n) is 6.51. The summed E-state index contributed by atoms with van der Waals surface area (Å²) >= 11 is 3.45. The van der Waals surface area contributed by atoms with E-state index in [4.69, 9.17) is 0 Å². The van der Waals surface area contributed by atoms with Gasteiger partial charge in [0.25, 0.3) is 0 Å². The molecule has 22 heavy (non-hydrogen) atoms. The molecule has 1 saturated carbocycles. The Hall–Kier alpha value is -0.580. The fourth-order valence-electron chi connectivity index (χ4n) is 3.50. The van der Waals surface area contributed by atoms with Crippen LogP contribution in [0.15, 0.2) is 28.7 Å². The molecule has 0 bridgehead atoms. The molecule has 0 radical (unpaired) electrons. The molecule has 1 aliphatic carbocycles. The number of carbonyl (C=O) groups is 1. The SMILES string of the molecule is CN(CCc1ccc(Br)cc1)C(=O)C1CC12CCNCC2.Cl. The van der Waals surface area contributed by atoms with Crippen LogP contribution in [0.4, 0.5) is 0 Å². The molecule has 1 saturated heterocycles. The van der Waals surface area contributed by atoms with Crippen LogP contribution in [0.25, 0.3) is 0 Å². The smallest absolute Gasteiger partial charge is 0.226 e. The molecule has 2 aliphatic rings. The fourth-order valence-corrected chi connectivity index (χ4v) is 3.76. The first-order chi connectivity index (χ1) is 10.1. The van der Waals surface area contributed by atoms with E-state index in [1.54, 1.807) is 0 Å². The van der Waals surface area contributed by atoms with Crippen LogP contribution < -0.4 is 5.32 Å². The molecule has 1 aromatic carbocycles. The first-order valence-corrected chi connectivity index (χ1v) is 8.60. The van der Waals surface area contributed by atoms with E-state index in [9.17, 15) is 4.79 Å². The fraction of sp³-hybridized carbons (Fsp3) is 0.588. The second kappa shape index (κ2) is 7.33. The zero-order valence-corrected chi connectivity index (χ0v) is 15.4. The molecule has 1 atom stereocenters. The highest BCUT2D eigenvalue weighted by molar-refractivity contribution is 9.10. The summed E-state index contributed by atoms with van der Waals surface area (Å²) in [4.78, 5) is 14.5. The van der Waals surface area contributed by atoms with Gasteiger partial charge in [0, 0.05) is 24.0 Å². The Morgan fingerprint density at radius 2 is 1.95 bits per heavy atom. The van der Waals surface area contributed by atoms with Crippen molar-refractivity contribution >= 4 is 34.2 Å². The maximum atomic E-state index is 12.6. The predicted molar refractivity (Wildman–Crippen MR) is 95.4 cm³/mol. The number of nitrogens with one attached hydrogen (secondary N) is 1. The van der Waals surface area contributed by atoms with Gasteiger partial charge >= 0.3 is 0 Å². The molecule has 5 heteroatoms. The molecule has 1 unspecified atom stereocenters. The van der Waals surface area contributed by atoms with Gasteiger partial charge in [0.1, 0.15) is 0 Å². The molecular weight excluding hydrogens is 364 g/mol. The van der Waals surface area contributed by atoms with E-state index in [0.717, 1.165) is 36.9 Å². The van der Waals surface area contributed by atoms with Crippen LogP contribution in [0.2, 0.25) is 0 Å². The van der Waals surface area contributed by atoms with Gasteiger partial charge in [-0.1, -0.05) is 28.1 Å². The third-order valence-corrected chi connectivity index (χ3v) is 5.64. The van der Waals surface area contributed by atoms with Gasteiger partial charge in [-0.2, -0.15) is 0 Å². The molecule has 3 rings (SSSR count). The minimum atomic E-state index is 0. The number of likely N-dealkylation sites (N-methyl/N-ethyl adjacent to an activating group) is 1. The Bertz CT molecular complexity index is 514. The number of rotatable bonds is 4. The lowest BCUT2D eigenvalue weighted by atomic mass is 9.91. The van der Waals surface area contributed by atoms with Crippen LogP contribution >= 0.6 is 28.3 Å². The number of carbonyl (C=O) groups excluding carboxylic acids is 1. The molecule has 1 aromatic rings. The molecule has 122 valence electrons. The van der Waals surface area contributed by atoms with Crippen molar-refractivity contribution in [2.24, 2.45) is 11.3 Å². The highest BCUT2D eigenvalue weighted by atomic mass is 79.9. The van der Waals surface area contributed by atoms with Gasteiger partial charge in [0.2, 0.25) is 5.91 Å². The first kappa shape index (κ1) is 17.8. The standard InChI is InChI=1S/C17H23BrN2O.ClH/c1-20(11-6-13-2-4-14(18)5-3-13)16(21)15-12-17(15)7-9-19-10-8-17;/h2-5,15,19H,6-12H2,1H3;1H. The number of amides is 1. The van der Waals surface area contributed by atoms with Crippen molar-refractivity contribution in [3.63, 3.8) is 0 Å². The van der Waals surface area contributed by atoms with Gasteiger partial charge in [-0.25, -0.2) is 0 Å². The zero-order chi connectivity index (χ0) is 14.9. The van der Waals surface area contributed by atoms with E-state index in [0.29, 0.717) is 11.3 Å². The molecule has 1 amide bonds. The Morgan fingerprint density at radius 3 is 2.59 bits per heavy atom. The summed E-state index contributed by atoms with van der Waals surface area (Å²) in [5, 5.41) is 3.39. The van der Waals surface area contributed by atoms with Crippen LogP contribution in [0.5, 0.6) is 0 Å². The third kappa shape index (κ3) is 3.84. The molecular formula is C17H24BrClN2O. The minimum Gasteiger partial charge on any atom is -0.345 e. The van der Waals surface area contributed by atoms with Crippen molar-refractivity contribution in [3.05, 3.63) is 34.3 Å². The zero-order valence-electron chi connectivity index (χ0n) is 13.0. The van der Waals surface area contributed by atoms with Crippen molar-refractivity contribution in [3.8, 4) is 0 Å². The van der Waals surface area contributed by atoms with Crippen LogP contribution in [0.3, 0.4) is 0 Å². The molecule has 0 aromatic heterocycles. The van der Waals surface area contributed by atoms with Crippen LogP contribution in [0, 0.1) is 11.3 Å². The quantitative estimate of drug-likeness (QED) is 0.860. The van der Waals surface area contributed by atoms with E-state index < -0.39 is 0 Å². The van der Waals surface area contributed by atoms with E-state index >= 15 is 0 Å². The summed E-state index contributed by atoms with van der Waals surface area (Å²) in [5.41, 5.74) is 1.62. The number of halogens is 2. The van der Waals surface area contributed by atoms with E-state index in [1.807, 2.05) is 11.9 Å². The minimum absolute atomic E-state index is 0. The third-order valence-electron chi connectivity index (χ3n) is 5.11. The van der Waals surface area contributed by atoms with E-state index in [2.05, 4.69) is 45.5 Å². The van der Waals surface area contributed by atoms with Crippen LogP contribution in [-0.4, -0.2) is 37.5 Å². The van der Waals surface area contributed by atoms with Gasteiger partial charge in [0.15, 0.2) is 0 Å². The second-order valence-corrected chi connectivity index (χ2v) is 7.42. The Morgan fingerprint density at radius 1 is 1.32 bits per heavy atom. The van der Waals surface area contributed by atoms with Crippen LogP contribution in [0.1, 0.15) is 24.8 Å². The molecule has 1 N–H and O–H groups in total. The lowest BCUT2D eigenvalue weighted by Crippen LogP contribution is -2.35. The Kier molecular flexibility index (Phi) is 5.92. The van der Waals surface area contributed by atoms with Gasteiger partial charge in [-0.15, -0.1) is 12.4 Å². The average Bonchev–Trinajstić information content (AvgIpc) is 3.19. The number of benzene rings is 1. The Labute approximate surface area is 147 Å². The van der Waals surface area contributed by atoms with Crippen molar-refractivity contribution in [1.29, 1.82) is 0 Å². The first-order valence-electron chi connectivity index (χ1n) is 7.81. The monoisotopic (exact) mass is 386 g/mol. The normalized spacial score (nSPS) is 22.0. The Balaban J connectivity index is 0.00000176. The number of piperidine rings is 1. The maximum Gasteiger partial charge on any atom is 0.226 e. The summed E-state index contributed by atoms with van der Waals surface area (Å²) in [6.07, 6.45) is 4.38. The average molecular weight is 388 g/mol. The number of hydrogen-bond acceptors (Lipinski definition) is 2. The highest BCUT2D eigenvalue weighted by Crippen LogP contribution is 2.59. The summed E-state index contributed by atoms with van der Waals surface area (Å²) in [6.45, 7) is 2.96. The van der Waals surface area contributed by atoms with Crippen molar-refractivity contribution in [2.45, 2.75) is 25.7 Å². The molecule has 2 fully saturated rings. The lowest BCUT2D eigenvalue weighted by Gasteiger charge is -2.25. The summed E-state index contributed by atoms with van der Waals surface area (Å²) < 4.78 is 1.10. The topological polar surface area (TPSA) is 32.3 Å². The van der Waals surface area contributed by atoms with Crippen LogP contribution in [-0.2, 0) is 11.2 Å². The lowest BCUT2D eigenvalue weighted by molar-refractivity contribution is -0.132.